The Morgan fingerprint density at radius 1 is 1.31 bits per heavy atom. The molecule has 0 saturated carbocycles. The fraction of sp³-hybridized carbons (Fsp3) is 0.364. The molecule has 13 heavy (non-hydrogen) atoms. The summed E-state index contributed by atoms with van der Waals surface area (Å²) in [4.78, 5) is 1.33. The second-order valence-electron chi connectivity index (χ2n) is 2.84. The molecular formula is C11H15OS. The van der Waals surface area contributed by atoms with Crippen molar-refractivity contribution in [3.05, 3.63) is 36.9 Å². The molecule has 0 N–H and O–H groups in total. The van der Waals surface area contributed by atoms with Crippen LogP contribution in [-0.2, 0) is 11.3 Å². The van der Waals surface area contributed by atoms with Gasteiger partial charge in [0.1, 0.15) is 0 Å². The van der Waals surface area contributed by atoms with Crippen molar-refractivity contribution in [2.75, 3.05) is 5.75 Å². The van der Waals surface area contributed by atoms with E-state index in [4.69, 9.17) is 4.74 Å². The van der Waals surface area contributed by atoms with Crippen LogP contribution in [0.3, 0.4) is 0 Å². The average molecular weight is 195 g/mol. The molecule has 0 amide bonds. The van der Waals surface area contributed by atoms with Crippen LogP contribution in [0.4, 0.5) is 0 Å². The summed E-state index contributed by atoms with van der Waals surface area (Å²) in [5, 5.41) is 0. The van der Waals surface area contributed by atoms with Crippen LogP contribution in [0.25, 0.3) is 0 Å². The molecule has 0 atom stereocenters. The zero-order valence-corrected chi connectivity index (χ0v) is 8.77. The molecule has 0 fully saturated rings. The molecule has 2 heteroatoms. The predicted octanol–water partition coefficient (Wildman–Crippen LogP) is 3.50. The van der Waals surface area contributed by atoms with Crippen LogP contribution in [-0.4, -0.2) is 5.75 Å². The van der Waals surface area contributed by atoms with E-state index in [2.05, 4.69) is 38.3 Å². The molecule has 0 aliphatic carbocycles. The van der Waals surface area contributed by atoms with E-state index in [-0.39, 0.29) is 0 Å². The second kappa shape index (κ2) is 6.06. The van der Waals surface area contributed by atoms with Gasteiger partial charge in [0.05, 0.1) is 13.7 Å². The van der Waals surface area contributed by atoms with Gasteiger partial charge in [-0.25, -0.2) is 0 Å². The lowest BCUT2D eigenvalue weighted by molar-refractivity contribution is 0.229. The monoisotopic (exact) mass is 195 g/mol. The van der Waals surface area contributed by atoms with E-state index in [9.17, 15) is 0 Å². The van der Waals surface area contributed by atoms with E-state index in [0.29, 0.717) is 6.61 Å². The number of hydrogen-bond donors (Lipinski definition) is 0. The Kier molecular flexibility index (Phi) is 4.94. The highest BCUT2D eigenvalue weighted by molar-refractivity contribution is 7.99. The average Bonchev–Trinajstić information content (AvgIpc) is 2.17. The number of hydrogen-bond acceptors (Lipinski definition) is 2. The number of rotatable bonds is 5. The Morgan fingerprint density at radius 2 is 2.00 bits per heavy atom. The topological polar surface area (TPSA) is 9.23 Å². The largest absolute Gasteiger partial charge is 0.374 e. The first-order valence-electron chi connectivity index (χ1n) is 4.45. The summed E-state index contributed by atoms with van der Waals surface area (Å²) >= 11 is 1.89. The van der Waals surface area contributed by atoms with Crippen molar-refractivity contribution in [1.29, 1.82) is 0 Å². The minimum atomic E-state index is 0.596. The molecule has 0 unspecified atom stereocenters. The smallest absolute Gasteiger partial charge is 0.0718 e. The van der Waals surface area contributed by atoms with Crippen molar-refractivity contribution >= 4 is 11.8 Å². The van der Waals surface area contributed by atoms with Crippen molar-refractivity contribution in [2.45, 2.75) is 24.8 Å². The van der Waals surface area contributed by atoms with E-state index in [1.165, 1.54) is 22.6 Å². The molecule has 0 bridgehead atoms. The molecular weight excluding hydrogens is 180 g/mol. The Bertz CT molecular complexity index is 230. The van der Waals surface area contributed by atoms with Gasteiger partial charge in [0.2, 0.25) is 0 Å². The normalized spacial score (nSPS) is 10.3. The summed E-state index contributed by atoms with van der Waals surface area (Å²) < 4.78 is 4.79. The lowest BCUT2D eigenvalue weighted by Crippen LogP contribution is -1.85. The lowest BCUT2D eigenvalue weighted by Gasteiger charge is -2.02. The van der Waals surface area contributed by atoms with E-state index in [1.807, 2.05) is 11.8 Å². The summed E-state index contributed by atoms with van der Waals surface area (Å²) in [5.74, 6) is 1.19. The van der Waals surface area contributed by atoms with E-state index in [0.717, 1.165) is 0 Å². The van der Waals surface area contributed by atoms with Gasteiger partial charge in [0, 0.05) is 4.90 Å². The van der Waals surface area contributed by atoms with Crippen LogP contribution in [0.1, 0.15) is 18.9 Å². The molecule has 0 aliphatic heterocycles. The van der Waals surface area contributed by atoms with Gasteiger partial charge in [-0.05, 0) is 29.9 Å². The van der Waals surface area contributed by atoms with Crippen molar-refractivity contribution in [3.63, 3.8) is 0 Å². The van der Waals surface area contributed by atoms with Crippen LogP contribution < -0.4 is 0 Å². The number of benzene rings is 1. The molecule has 0 spiro atoms. The van der Waals surface area contributed by atoms with Crippen LogP contribution >= 0.6 is 11.8 Å². The van der Waals surface area contributed by atoms with Crippen molar-refractivity contribution in [1.82, 2.24) is 0 Å². The summed E-state index contributed by atoms with van der Waals surface area (Å²) in [6.45, 7) is 2.79. The van der Waals surface area contributed by atoms with E-state index < -0.39 is 0 Å². The third-order valence-electron chi connectivity index (χ3n) is 1.66. The van der Waals surface area contributed by atoms with Gasteiger partial charge < -0.3 is 4.74 Å². The van der Waals surface area contributed by atoms with Crippen molar-refractivity contribution in [3.8, 4) is 0 Å². The summed E-state index contributed by atoms with van der Waals surface area (Å²) in [6, 6.07) is 8.44. The minimum absolute atomic E-state index is 0.596. The third-order valence-corrected chi connectivity index (χ3v) is 2.88. The quantitative estimate of drug-likeness (QED) is 0.665. The Morgan fingerprint density at radius 3 is 2.54 bits per heavy atom. The first-order chi connectivity index (χ1) is 6.36. The Labute approximate surface area is 84.5 Å². The van der Waals surface area contributed by atoms with Crippen LogP contribution in [0, 0.1) is 7.11 Å². The highest BCUT2D eigenvalue weighted by Crippen LogP contribution is 2.19. The number of ether oxygens (including phenoxy) is 1. The maximum Gasteiger partial charge on any atom is 0.0718 e. The van der Waals surface area contributed by atoms with E-state index >= 15 is 0 Å². The molecule has 71 valence electrons. The van der Waals surface area contributed by atoms with Gasteiger partial charge in [-0.15, -0.1) is 11.8 Å². The van der Waals surface area contributed by atoms with Crippen LogP contribution in [0.15, 0.2) is 29.2 Å². The zero-order chi connectivity index (χ0) is 9.52. The molecule has 0 aliphatic rings. The third kappa shape index (κ3) is 3.83. The maximum atomic E-state index is 4.79. The summed E-state index contributed by atoms with van der Waals surface area (Å²) in [7, 11) is 3.35. The number of thioether (sulfide) groups is 1. The molecule has 0 aromatic heterocycles. The first kappa shape index (κ1) is 10.6. The van der Waals surface area contributed by atoms with Crippen LogP contribution in [0.2, 0.25) is 0 Å². The maximum absolute atomic E-state index is 4.79. The first-order valence-corrected chi connectivity index (χ1v) is 5.44. The standard InChI is InChI=1S/C11H15OS/c1-3-8-13-11-6-4-10(5-7-11)9-12-2/h4-7H,2-3,8-9H2,1H3. The van der Waals surface area contributed by atoms with Gasteiger partial charge in [-0.1, -0.05) is 19.1 Å². The van der Waals surface area contributed by atoms with Crippen molar-refractivity contribution in [2.24, 2.45) is 0 Å². The Hall–Kier alpha value is -0.470. The van der Waals surface area contributed by atoms with Crippen LogP contribution in [0.5, 0.6) is 0 Å². The molecule has 1 aromatic carbocycles. The van der Waals surface area contributed by atoms with Gasteiger partial charge >= 0.3 is 0 Å². The lowest BCUT2D eigenvalue weighted by atomic mass is 10.2. The van der Waals surface area contributed by atoms with Gasteiger partial charge in [-0.3, -0.25) is 0 Å². The second-order valence-corrected chi connectivity index (χ2v) is 4.01. The van der Waals surface area contributed by atoms with Crippen molar-refractivity contribution < 1.29 is 4.74 Å². The molecule has 1 aromatic rings. The van der Waals surface area contributed by atoms with Gasteiger partial charge in [-0.2, -0.15) is 0 Å². The predicted molar refractivity (Wildman–Crippen MR) is 57.6 cm³/mol. The molecule has 1 nitrogen and oxygen atoms in total. The summed E-state index contributed by atoms with van der Waals surface area (Å²) in [6.07, 6.45) is 1.22. The zero-order valence-electron chi connectivity index (χ0n) is 7.95. The SMILES string of the molecule is [CH2]OCc1ccc(SCCC)cc1. The minimum Gasteiger partial charge on any atom is -0.374 e. The Balaban J connectivity index is 2.48. The summed E-state index contributed by atoms with van der Waals surface area (Å²) in [5.41, 5.74) is 1.18. The molecule has 1 rings (SSSR count). The fourth-order valence-corrected chi connectivity index (χ4v) is 1.79. The highest BCUT2D eigenvalue weighted by atomic mass is 32.2. The van der Waals surface area contributed by atoms with Gasteiger partial charge in [0.15, 0.2) is 0 Å². The van der Waals surface area contributed by atoms with E-state index in [1.54, 1.807) is 0 Å². The molecule has 1 radical (unpaired) electrons. The highest BCUT2D eigenvalue weighted by Gasteiger charge is 1.94. The molecule has 0 saturated heterocycles. The fourth-order valence-electron chi connectivity index (χ4n) is 1.02. The molecule has 0 heterocycles. The van der Waals surface area contributed by atoms with Gasteiger partial charge in [0.25, 0.3) is 0 Å².